The molecule has 0 aromatic heterocycles. The molecular formula is C10H18N2O2. The molecule has 0 aliphatic carbocycles. The Balaban J connectivity index is 2.53. The molecule has 4 heteroatoms. The molecule has 4 nitrogen and oxygen atoms in total. The van der Waals surface area contributed by atoms with Gasteiger partial charge in [0.2, 0.25) is 5.91 Å². The molecule has 0 aromatic carbocycles. The molecule has 80 valence electrons. The number of nitrogens with one attached hydrogen (secondary N) is 1. The number of carbonyl (C=O) groups is 2. The molecule has 1 fully saturated rings. The Hall–Kier alpha value is -1.06. The van der Waals surface area contributed by atoms with Crippen LogP contribution in [0, 0.1) is 5.41 Å². The van der Waals surface area contributed by atoms with Crippen LogP contribution in [0.4, 0.5) is 4.79 Å². The zero-order valence-electron chi connectivity index (χ0n) is 9.09. The molecule has 0 spiro atoms. The number of carbonyl (C=O) groups excluding carboxylic acids is 2. The van der Waals surface area contributed by atoms with Crippen LogP contribution in [-0.2, 0) is 4.79 Å². The summed E-state index contributed by atoms with van der Waals surface area (Å²) in [5.41, 5.74) is 0.123. The van der Waals surface area contributed by atoms with Crippen molar-refractivity contribution in [1.29, 1.82) is 0 Å². The second kappa shape index (κ2) is 3.98. The van der Waals surface area contributed by atoms with Crippen molar-refractivity contribution in [3.05, 3.63) is 0 Å². The summed E-state index contributed by atoms with van der Waals surface area (Å²) in [5, 5.41) is 2.32. The van der Waals surface area contributed by atoms with Gasteiger partial charge in [-0.05, 0) is 11.8 Å². The summed E-state index contributed by atoms with van der Waals surface area (Å²) in [6.07, 6.45) is 1.44. The third-order valence-electron chi connectivity index (χ3n) is 2.72. The van der Waals surface area contributed by atoms with E-state index in [4.69, 9.17) is 0 Å². The van der Waals surface area contributed by atoms with Gasteiger partial charge in [0.05, 0.1) is 0 Å². The average molecular weight is 198 g/mol. The Morgan fingerprint density at radius 3 is 2.57 bits per heavy atom. The molecule has 0 atom stereocenters. The number of hydrogen-bond donors (Lipinski definition) is 1. The van der Waals surface area contributed by atoms with Gasteiger partial charge in [-0.3, -0.25) is 10.1 Å². The van der Waals surface area contributed by atoms with Crippen LogP contribution in [0.3, 0.4) is 0 Å². The van der Waals surface area contributed by atoms with Crippen LogP contribution < -0.4 is 5.32 Å². The van der Waals surface area contributed by atoms with Crippen LogP contribution in [0.15, 0.2) is 0 Å². The molecule has 1 N–H and O–H groups in total. The molecule has 0 saturated carbocycles. The molecule has 0 unspecified atom stereocenters. The Morgan fingerprint density at radius 1 is 1.43 bits per heavy atom. The number of rotatable bonds is 3. The van der Waals surface area contributed by atoms with Gasteiger partial charge in [-0.15, -0.1) is 0 Å². The Morgan fingerprint density at radius 2 is 2.07 bits per heavy atom. The molecule has 1 aliphatic heterocycles. The van der Waals surface area contributed by atoms with E-state index in [1.807, 2.05) is 0 Å². The van der Waals surface area contributed by atoms with Gasteiger partial charge in [0.15, 0.2) is 0 Å². The number of hydrogen-bond acceptors (Lipinski definition) is 2. The van der Waals surface area contributed by atoms with Crippen LogP contribution in [0.1, 0.15) is 33.6 Å². The molecule has 0 bridgehead atoms. The van der Waals surface area contributed by atoms with Crippen molar-refractivity contribution in [3.8, 4) is 0 Å². The second-order valence-corrected chi connectivity index (χ2v) is 4.54. The second-order valence-electron chi connectivity index (χ2n) is 4.54. The Labute approximate surface area is 84.7 Å². The minimum Gasteiger partial charge on any atom is -0.323 e. The van der Waals surface area contributed by atoms with Gasteiger partial charge in [0.25, 0.3) is 0 Å². The molecule has 3 amide bonds. The van der Waals surface area contributed by atoms with E-state index in [0.717, 1.165) is 6.42 Å². The topological polar surface area (TPSA) is 49.4 Å². The van der Waals surface area contributed by atoms with Crippen LogP contribution in [0.2, 0.25) is 0 Å². The van der Waals surface area contributed by atoms with Crippen molar-refractivity contribution < 1.29 is 9.59 Å². The van der Waals surface area contributed by atoms with E-state index in [9.17, 15) is 9.59 Å². The lowest BCUT2D eigenvalue weighted by molar-refractivity contribution is -0.121. The predicted octanol–water partition coefficient (Wildman–Crippen LogP) is 1.36. The summed E-state index contributed by atoms with van der Waals surface area (Å²) in [5.74, 6) is -0.166. The Bertz CT molecular complexity index is 249. The number of amides is 3. The average Bonchev–Trinajstić information content (AvgIpc) is 2.10. The molecular weight excluding hydrogens is 180 g/mol. The fraction of sp³-hybridized carbons (Fsp3) is 0.800. The third kappa shape index (κ3) is 2.72. The molecule has 1 saturated heterocycles. The summed E-state index contributed by atoms with van der Waals surface area (Å²) in [7, 11) is 0. The number of nitrogens with zero attached hydrogens (tertiary/aromatic N) is 1. The molecule has 1 aliphatic rings. The van der Waals surface area contributed by atoms with Gasteiger partial charge < -0.3 is 4.90 Å². The van der Waals surface area contributed by atoms with Crippen molar-refractivity contribution in [2.45, 2.75) is 33.6 Å². The maximum Gasteiger partial charge on any atom is 0.324 e. The van der Waals surface area contributed by atoms with Crippen molar-refractivity contribution >= 4 is 11.9 Å². The maximum absolute atomic E-state index is 11.4. The van der Waals surface area contributed by atoms with Crippen LogP contribution in [0.25, 0.3) is 0 Å². The molecule has 1 rings (SSSR count). The smallest absolute Gasteiger partial charge is 0.323 e. The van der Waals surface area contributed by atoms with Crippen LogP contribution in [-0.4, -0.2) is 29.9 Å². The summed E-state index contributed by atoms with van der Waals surface area (Å²) >= 11 is 0. The molecule has 0 aromatic rings. The molecule has 0 radical (unpaired) electrons. The van der Waals surface area contributed by atoms with Gasteiger partial charge in [-0.25, -0.2) is 4.79 Å². The lowest BCUT2D eigenvalue weighted by atomic mass is 9.89. The van der Waals surface area contributed by atoms with Crippen molar-refractivity contribution in [3.63, 3.8) is 0 Å². The minimum absolute atomic E-state index is 0.123. The zero-order chi connectivity index (χ0) is 10.8. The predicted molar refractivity (Wildman–Crippen MR) is 53.8 cm³/mol. The third-order valence-corrected chi connectivity index (χ3v) is 2.72. The fourth-order valence-corrected chi connectivity index (χ4v) is 1.38. The first-order chi connectivity index (χ1) is 6.44. The van der Waals surface area contributed by atoms with Gasteiger partial charge in [-0.2, -0.15) is 0 Å². The first-order valence-corrected chi connectivity index (χ1v) is 5.03. The van der Waals surface area contributed by atoms with E-state index in [2.05, 4.69) is 26.1 Å². The Kier molecular flexibility index (Phi) is 3.13. The van der Waals surface area contributed by atoms with E-state index in [1.54, 1.807) is 4.90 Å². The standard InChI is InChI=1S/C10H18N2O2/c1-4-10(2,3)7-12-6-5-8(13)11-9(12)14/h4-7H2,1-3H3,(H,11,13,14). The summed E-state index contributed by atoms with van der Waals surface area (Å²) in [6.45, 7) is 7.61. The van der Waals surface area contributed by atoms with Gasteiger partial charge in [0.1, 0.15) is 0 Å². The van der Waals surface area contributed by atoms with E-state index in [1.165, 1.54) is 0 Å². The zero-order valence-corrected chi connectivity index (χ0v) is 9.09. The van der Waals surface area contributed by atoms with E-state index >= 15 is 0 Å². The van der Waals surface area contributed by atoms with E-state index in [-0.39, 0.29) is 17.4 Å². The highest BCUT2D eigenvalue weighted by molar-refractivity contribution is 5.96. The van der Waals surface area contributed by atoms with Gasteiger partial charge in [-0.1, -0.05) is 20.8 Å². The lowest BCUT2D eigenvalue weighted by Gasteiger charge is -2.33. The van der Waals surface area contributed by atoms with E-state index in [0.29, 0.717) is 19.5 Å². The lowest BCUT2D eigenvalue weighted by Crippen LogP contribution is -2.51. The maximum atomic E-state index is 11.4. The monoisotopic (exact) mass is 198 g/mol. The minimum atomic E-state index is -0.247. The number of urea groups is 1. The molecule has 1 heterocycles. The van der Waals surface area contributed by atoms with Gasteiger partial charge >= 0.3 is 6.03 Å². The summed E-state index contributed by atoms with van der Waals surface area (Å²) in [6, 6.07) is -0.247. The first kappa shape index (κ1) is 11.0. The summed E-state index contributed by atoms with van der Waals surface area (Å²) < 4.78 is 0. The first-order valence-electron chi connectivity index (χ1n) is 5.03. The normalized spacial score (nSPS) is 18.4. The highest BCUT2D eigenvalue weighted by Crippen LogP contribution is 2.21. The number of imide groups is 1. The van der Waals surface area contributed by atoms with Gasteiger partial charge in [0, 0.05) is 19.5 Å². The van der Waals surface area contributed by atoms with Crippen LogP contribution in [0.5, 0.6) is 0 Å². The van der Waals surface area contributed by atoms with Crippen molar-refractivity contribution in [2.24, 2.45) is 5.41 Å². The SMILES string of the molecule is CCC(C)(C)CN1CCC(=O)NC1=O. The largest absolute Gasteiger partial charge is 0.324 e. The highest BCUT2D eigenvalue weighted by atomic mass is 16.2. The quantitative estimate of drug-likeness (QED) is 0.744. The van der Waals surface area contributed by atoms with Crippen molar-refractivity contribution in [2.75, 3.05) is 13.1 Å². The fourth-order valence-electron chi connectivity index (χ4n) is 1.38. The molecule has 14 heavy (non-hydrogen) atoms. The van der Waals surface area contributed by atoms with Crippen molar-refractivity contribution in [1.82, 2.24) is 10.2 Å². The highest BCUT2D eigenvalue weighted by Gasteiger charge is 2.27. The van der Waals surface area contributed by atoms with Crippen LogP contribution >= 0.6 is 0 Å². The van der Waals surface area contributed by atoms with E-state index < -0.39 is 0 Å². The summed E-state index contributed by atoms with van der Waals surface area (Å²) in [4.78, 5) is 24.0.